The van der Waals surface area contributed by atoms with Crippen LogP contribution in [0, 0.1) is 0 Å². The number of likely N-dealkylation sites (tertiary alicyclic amines) is 1. The van der Waals surface area contributed by atoms with Crippen LogP contribution in [-0.4, -0.2) is 84.7 Å². The number of likely N-dealkylation sites (N-methyl/N-ethyl adjacent to an activating group) is 1. The van der Waals surface area contributed by atoms with Crippen LogP contribution in [0.25, 0.3) is 0 Å². The minimum absolute atomic E-state index is 0.196. The first kappa shape index (κ1) is 24.3. The molecule has 1 saturated heterocycles. The van der Waals surface area contributed by atoms with E-state index in [9.17, 15) is 4.79 Å². The van der Waals surface area contributed by atoms with Gasteiger partial charge in [0.15, 0.2) is 0 Å². The molecule has 2 rings (SSSR count). The van der Waals surface area contributed by atoms with Crippen LogP contribution in [0.5, 0.6) is 0 Å². The van der Waals surface area contributed by atoms with Gasteiger partial charge in [-0.2, -0.15) is 0 Å². The molecule has 8 nitrogen and oxygen atoms in total. The van der Waals surface area contributed by atoms with Gasteiger partial charge >= 0.3 is 0 Å². The maximum absolute atomic E-state index is 12.1. The molecule has 26 heavy (non-hydrogen) atoms. The van der Waals surface area contributed by atoms with Gasteiger partial charge in [0.05, 0.1) is 0 Å². The molecule has 0 spiro atoms. The first-order valence-electron chi connectivity index (χ1n) is 9.28. The van der Waals surface area contributed by atoms with Crippen LogP contribution in [0.1, 0.15) is 51.4 Å². The molecule has 0 aromatic heterocycles. The largest absolute Gasteiger partial charge is 0.483 e. The zero-order valence-electron chi connectivity index (χ0n) is 16.2. The van der Waals surface area contributed by atoms with E-state index in [1.807, 2.05) is 0 Å². The topological polar surface area (TPSA) is 110 Å². The standard InChI is InChI=1S/C16H31N3O.2CH2O2/c1-18(2)16(9-4-3-5-10-16)14-17-15(20)8-13-19-11-6-7-12-19;2*2-1-3/h3-14H2,1-2H3,(H,17,20);2*1H,(H,2,3). The molecule has 0 radical (unpaired) electrons. The zero-order chi connectivity index (χ0) is 19.8. The van der Waals surface area contributed by atoms with E-state index in [-0.39, 0.29) is 24.4 Å². The fourth-order valence-electron chi connectivity index (χ4n) is 3.61. The monoisotopic (exact) mass is 373 g/mol. The van der Waals surface area contributed by atoms with Crippen LogP contribution in [0.2, 0.25) is 0 Å². The van der Waals surface area contributed by atoms with Crippen molar-refractivity contribution in [3.05, 3.63) is 0 Å². The zero-order valence-corrected chi connectivity index (χ0v) is 16.2. The highest BCUT2D eigenvalue weighted by Crippen LogP contribution is 2.31. The third kappa shape index (κ3) is 9.72. The number of carbonyl (C=O) groups excluding carboxylic acids is 1. The van der Waals surface area contributed by atoms with Crippen molar-refractivity contribution < 1.29 is 24.6 Å². The van der Waals surface area contributed by atoms with Crippen LogP contribution in [-0.2, 0) is 14.4 Å². The van der Waals surface area contributed by atoms with Crippen LogP contribution in [0.3, 0.4) is 0 Å². The molecule has 3 N–H and O–H groups in total. The lowest BCUT2D eigenvalue weighted by Crippen LogP contribution is -2.54. The van der Waals surface area contributed by atoms with E-state index >= 15 is 0 Å². The van der Waals surface area contributed by atoms with Crippen molar-refractivity contribution in [3.63, 3.8) is 0 Å². The van der Waals surface area contributed by atoms with Crippen LogP contribution in [0.15, 0.2) is 0 Å². The molecule has 152 valence electrons. The molecule has 1 saturated carbocycles. The molecule has 0 bridgehead atoms. The summed E-state index contributed by atoms with van der Waals surface area (Å²) in [6.07, 6.45) is 9.61. The average Bonchev–Trinajstić information content (AvgIpc) is 3.14. The van der Waals surface area contributed by atoms with Crippen molar-refractivity contribution in [1.82, 2.24) is 15.1 Å². The molecule has 0 unspecified atom stereocenters. The van der Waals surface area contributed by atoms with E-state index in [0.717, 1.165) is 13.1 Å². The van der Waals surface area contributed by atoms with Crippen molar-refractivity contribution >= 4 is 18.9 Å². The van der Waals surface area contributed by atoms with Gasteiger partial charge < -0.3 is 25.3 Å². The van der Waals surface area contributed by atoms with Crippen LogP contribution < -0.4 is 5.32 Å². The second kappa shape index (κ2) is 14.5. The summed E-state index contributed by atoms with van der Waals surface area (Å²) in [6.45, 7) is 3.60. The van der Waals surface area contributed by atoms with Crippen molar-refractivity contribution in [2.24, 2.45) is 0 Å². The Hall–Kier alpha value is -1.67. The van der Waals surface area contributed by atoms with Gasteiger partial charge in [-0.1, -0.05) is 19.3 Å². The summed E-state index contributed by atoms with van der Waals surface area (Å²) in [6, 6.07) is 0. The van der Waals surface area contributed by atoms with Crippen molar-refractivity contribution in [1.29, 1.82) is 0 Å². The molecule has 1 amide bonds. The summed E-state index contributed by atoms with van der Waals surface area (Å²) in [5.41, 5.74) is 0.196. The molecule has 1 aliphatic heterocycles. The van der Waals surface area contributed by atoms with E-state index in [1.165, 1.54) is 58.0 Å². The number of carboxylic acid groups (broad SMARTS) is 2. The van der Waals surface area contributed by atoms with Crippen molar-refractivity contribution in [2.75, 3.05) is 40.3 Å². The molecule has 0 aromatic rings. The maximum atomic E-state index is 12.1. The minimum atomic E-state index is -0.250. The van der Waals surface area contributed by atoms with Crippen molar-refractivity contribution in [2.45, 2.75) is 56.9 Å². The van der Waals surface area contributed by atoms with Gasteiger partial charge in [-0.25, -0.2) is 0 Å². The molecular weight excluding hydrogens is 338 g/mol. The first-order valence-corrected chi connectivity index (χ1v) is 9.28. The molecule has 1 aliphatic carbocycles. The van der Waals surface area contributed by atoms with E-state index in [4.69, 9.17) is 19.8 Å². The Kier molecular flexibility index (Phi) is 13.6. The Morgan fingerprint density at radius 3 is 2.00 bits per heavy atom. The number of nitrogens with zero attached hydrogens (tertiary/aromatic N) is 2. The van der Waals surface area contributed by atoms with E-state index in [0.29, 0.717) is 6.42 Å². The van der Waals surface area contributed by atoms with Crippen LogP contribution >= 0.6 is 0 Å². The Labute approximate surface area is 156 Å². The third-order valence-electron chi connectivity index (χ3n) is 5.20. The number of rotatable bonds is 6. The van der Waals surface area contributed by atoms with Crippen LogP contribution in [0.4, 0.5) is 0 Å². The summed E-state index contributed by atoms with van der Waals surface area (Å²) >= 11 is 0. The van der Waals surface area contributed by atoms with Gasteiger partial charge in [0.25, 0.3) is 12.9 Å². The molecule has 1 heterocycles. The van der Waals surface area contributed by atoms with E-state index in [1.54, 1.807) is 0 Å². The van der Waals surface area contributed by atoms with Gasteiger partial charge in [0, 0.05) is 25.0 Å². The van der Waals surface area contributed by atoms with Crippen molar-refractivity contribution in [3.8, 4) is 0 Å². The normalized spacial score (nSPS) is 18.7. The maximum Gasteiger partial charge on any atom is 0.290 e. The number of hydrogen-bond donors (Lipinski definition) is 3. The van der Waals surface area contributed by atoms with E-state index in [2.05, 4.69) is 29.2 Å². The lowest BCUT2D eigenvalue weighted by atomic mass is 9.80. The number of hydrogen-bond acceptors (Lipinski definition) is 5. The fraction of sp³-hybridized carbons (Fsp3) is 0.833. The Balaban J connectivity index is 0.000000918. The Morgan fingerprint density at radius 1 is 1.04 bits per heavy atom. The lowest BCUT2D eigenvalue weighted by molar-refractivity contribution is -0.123. The highest BCUT2D eigenvalue weighted by Gasteiger charge is 2.34. The second-order valence-corrected chi connectivity index (χ2v) is 6.97. The fourth-order valence-corrected chi connectivity index (χ4v) is 3.61. The average molecular weight is 373 g/mol. The molecular formula is C18H35N3O5. The Morgan fingerprint density at radius 2 is 1.54 bits per heavy atom. The summed E-state index contributed by atoms with van der Waals surface area (Å²) in [5, 5.41) is 17.0. The number of carbonyl (C=O) groups is 3. The SMILES string of the molecule is CN(C)C1(CNC(=O)CCN2CCCC2)CCCCC1.O=CO.O=CO. The quantitative estimate of drug-likeness (QED) is 0.601. The minimum Gasteiger partial charge on any atom is -0.483 e. The van der Waals surface area contributed by atoms with Gasteiger partial charge in [-0.3, -0.25) is 14.4 Å². The summed E-state index contributed by atoms with van der Waals surface area (Å²) < 4.78 is 0. The molecule has 2 aliphatic rings. The molecule has 0 aromatic carbocycles. The highest BCUT2D eigenvalue weighted by molar-refractivity contribution is 5.76. The molecule has 2 fully saturated rings. The van der Waals surface area contributed by atoms with Gasteiger partial charge in [0.2, 0.25) is 5.91 Å². The van der Waals surface area contributed by atoms with Gasteiger partial charge in [-0.15, -0.1) is 0 Å². The summed E-state index contributed by atoms with van der Waals surface area (Å²) in [5.74, 6) is 0.226. The van der Waals surface area contributed by atoms with E-state index < -0.39 is 0 Å². The van der Waals surface area contributed by atoms with Gasteiger partial charge in [-0.05, 0) is 52.9 Å². The molecule has 8 heteroatoms. The summed E-state index contributed by atoms with van der Waals surface area (Å²) in [7, 11) is 4.31. The Bertz CT molecular complexity index is 386. The third-order valence-corrected chi connectivity index (χ3v) is 5.20. The lowest BCUT2D eigenvalue weighted by Gasteiger charge is -2.43. The number of amides is 1. The van der Waals surface area contributed by atoms with Gasteiger partial charge in [0.1, 0.15) is 0 Å². The highest BCUT2D eigenvalue weighted by atomic mass is 16.3. The predicted molar refractivity (Wildman–Crippen MR) is 100 cm³/mol. The molecule has 0 atom stereocenters. The predicted octanol–water partition coefficient (Wildman–Crippen LogP) is 1.25. The second-order valence-electron chi connectivity index (χ2n) is 6.97. The summed E-state index contributed by atoms with van der Waals surface area (Å²) in [4.78, 5) is 33.5. The first-order chi connectivity index (χ1) is 12.5. The smallest absolute Gasteiger partial charge is 0.290 e. The number of nitrogens with one attached hydrogen (secondary N) is 1.